The molecule has 1 amide bonds. The molecule has 1 fully saturated rings. The van der Waals surface area contributed by atoms with Gasteiger partial charge in [-0.25, -0.2) is 0 Å². The molecule has 1 N–H and O–H groups in total. The van der Waals surface area contributed by atoms with E-state index < -0.39 is 0 Å². The number of pyridine rings is 1. The van der Waals surface area contributed by atoms with Crippen LogP contribution in [0.2, 0.25) is 0 Å². The quantitative estimate of drug-likeness (QED) is 0.235. The summed E-state index contributed by atoms with van der Waals surface area (Å²) in [6.07, 6.45) is 4.85. The zero-order valence-corrected chi connectivity index (χ0v) is 23.8. The number of hydrogen-bond acceptors (Lipinski definition) is 7. The van der Waals surface area contributed by atoms with Crippen LogP contribution in [0.15, 0.2) is 75.0 Å². The summed E-state index contributed by atoms with van der Waals surface area (Å²) in [7, 11) is 2.13. The van der Waals surface area contributed by atoms with Gasteiger partial charge in [-0.05, 0) is 74.8 Å². The van der Waals surface area contributed by atoms with Crippen molar-refractivity contribution in [2.45, 2.75) is 42.9 Å². The zero-order valence-electron chi connectivity index (χ0n) is 23.0. The first-order valence-corrected chi connectivity index (χ1v) is 14.9. The summed E-state index contributed by atoms with van der Waals surface area (Å²) in [6, 6.07) is 18.3. The van der Waals surface area contributed by atoms with Gasteiger partial charge >= 0.3 is 0 Å². The monoisotopic (exact) mass is 566 g/mol. The average Bonchev–Trinajstić information content (AvgIpc) is 3.59. The first-order chi connectivity index (χ1) is 19.9. The van der Waals surface area contributed by atoms with Crippen LogP contribution < -0.4 is 15.5 Å². The number of thioether (sulfide) groups is 1. The number of carbonyl (C=O) groups is 1. The summed E-state index contributed by atoms with van der Waals surface area (Å²) in [5.74, 6) is 2.23. The van der Waals surface area contributed by atoms with E-state index in [4.69, 9.17) is 9.26 Å². The molecule has 9 heteroatoms. The molecular weight excluding hydrogens is 536 g/mol. The molecule has 41 heavy (non-hydrogen) atoms. The lowest BCUT2D eigenvalue weighted by molar-refractivity contribution is 0.0949. The number of rotatable bonds is 7. The molecule has 0 aliphatic carbocycles. The minimum atomic E-state index is -0.354. The van der Waals surface area contributed by atoms with Crippen molar-refractivity contribution in [1.29, 1.82) is 0 Å². The molecule has 1 atom stereocenters. The molecular formula is C32H30N4O4S. The van der Waals surface area contributed by atoms with Crippen LogP contribution in [0, 0.1) is 6.92 Å². The number of likely N-dealkylation sites (tertiary alicyclic amines) is 1. The Labute approximate surface area is 241 Å². The summed E-state index contributed by atoms with van der Waals surface area (Å²) in [6.45, 7) is 3.47. The third kappa shape index (κ3) is 4.79. The predicted octanol–water partition coefficient (Wildman–Crippen LogP) is 6.05. The molecule has 2 aliphatic rings. The van der Waals surface area contributed by atoms with E-state index in [1.165, 1.54) is 6.42 Å². The van der Waals surface area contributed by atoms with E-state index in [0.29, 0.717) is 40.7 Å². The maximum Gasteiger partial charge on any atom is 0.256 e. The van der Waals surface area contributed by atoms with Crippen LogP contribution in [0.4, 0.5) is 0 Å². The Balaban J connectivity index is 1.30. The normalized spacial score (nSPS) is 16.2. The van der Waals surface area contributed by atoms with Crippen LogP contribution in [0.1, 0.15) is 41.1 Å². The molecule has 0 spiro atoms. The van der Waals surface area contributed by atoms with E-state index in [1.807, 2.05) is 66.1 Å². The number of amides is 1. The summed E-state index contributed by atoms with van der Waals surface area (Å²) in [5, 5.41) is 9.65. The smallest absolute Gasteiger partial charge is 0.256 e. The number of aromatic nitrogens is 2. The van der Waals surface area contributed by atoms with Crippen molar-refractivity contribution in [1.82, 2.24) is 19.9 Å². The van der Waals surface area contributed by atoms with Crippen molar-refractivity contribution >= 4 is 39.3 Å². The van der Waals surface area contributed by atoms with Crippen molar-refractivity contribution in [3.05, 3.63) is 88.0 Å². The van der Waals surface area contributed by atoms with Gasteiger partial charge in [-0.2, -0.15) is 0 Å². The van der Waals surface area contributed by atoms with E-state index in [1.54, 1.807) is 18.0 Å². The number of carbonyl (C=O) groups excluding carboxylic acids is 1. The van der Waals surface area contributed by atoms with Gasteiger partial charge in [-0.1, -0.05) is 29.4 Å². The Hall–Kier alpha value is -4.08. The molecule has 208 valence electrons. The lowest BCUT2D eigenvalue weighted by atomic mass is 10.0. The van der Waals surface area contributed by atoms with Crippen LogP contribution in [0.25, 0.3) is 27.4 Å². The number of nitrogens with one attached hydrogen (secondary N) is 1. The lowest BCUT2D eigenvalue weighted by Gasteiger charge is -2.25. The van der Waals surface area contributed by atoms with Gasteiger partial charge in [0.15, 0.2) is 11.5 Å². The summed E-state index contributed by atoms with van der Waals surface area (Å²) in [5.41, 5.74) is 2.08. The maximum absolute atomic E-state index is 13.9. The topological polar surface area (TPSA) is 89.6 Å². The van der Waals surface area contributed by atoms with E-state index in [9.17, 15) is 9.59 Å². The Kier molecular flexibility index (Phi) is 6.55. The molecule has 8 nitrogen and oxygen atoms in total. The van der Waals surface area contributed by atoms with E-state index in [-0.39, 0.29) is 16.9 Å². The van der Waals surface area contributed by atoms with Crippen LogP contribution >= 0.6 is 11.8 Å². The number of hydrogen-bond donors (Lipinski definition) is 1. The second kappa shape index (κ2) is 10.4. The largest absolute Gasteiger partial charge is 0.453 e. The van der Waals surface area contributed by atoms with Gasteiger partial charge in [-0.3, -0.25) is 9.59 Å². The highest BCUT2D eigenvalue weighted by Crippen LogP contribution is 2.43. The van der Waals surface area contributed by atoms with Gasteiger partial charge in [0.25, 0.3) is 5.91 Å². The number of benzene rings is 3. The Bertz CT molecular complexity index is 1880. The summed E-state index contributed by atoms with van der Waals surface area (Å²) in [4.78, 5) is 30.5. The third-order valence-electron chi connectivity index (χ3n) is 8.09. The molecule has 5 aromatic rings. The van der Waals surface area contributed by atoms with Crippen LogP contribution in [0.3, 0.4) is 0 Å². The van der Waals surface area contributed by atoms with Gasteiger partial charge in [0.1, 0.15) is 16.8 Å². The van der Waals surface area contributed by atoms with E-state index in [0.717, 1.165) is 52.2 Å². The fourth-order valence-corrected chi connectivity index (χ4v) is 6.79. The highest BCUT2D eigenvalue weighted by atomic mass is 32.2. The van der Waals surface area contributed by atoms with Crippen LogP contribution in [-0.2, 0) is 5.75 Å². The highest BCUT2D eigenvalue weighted by molar-refractivity contribution is 7.98. The first-order valence-electron chi connectivity index (χ1n) is 13.9. The predicted molar refractivity (Wildman–Crippen MR) is 161 cm³/mol. The molecule has 0 radical (unpaired) electrons. The Morgan fingerprint density at radius 3 is 2.71 bits per heavy atom. The third-order valence-corrected chi connectivity index (χ3v) is 9.10. The SMILES string of the molecule is Cc1cc(CSc2cc3c4c(c2)c(=O)c(C(=O)NCCC2CCCN2C)cn4-c2cc4ccccc4cc2O3)no1. The Morgan fingerprint density at radius 2 is 1.95 bits per heavy atom. The van der Waals surface area contributed by atoms with E-state index >= 15 is 0 Å². The fourth-order valence-electron chi connectivity index (χ4n) is 5.95. The van der Waals surface area contributed by atoms with Gasteiger partial charge in [0, 0.05) is 35.5 Å². The fraction of sp³-hybridized carbons (Fsp3) is 0.281. The van der Waals surface area contributed by atoms with Crippen LogP contribution in [-0.4, -0.2) is 46.7 Å². The van der Waals surface area contributed by atoms with Gasteiger partial charge < -0.3 is 24.0 Å². The molecule has 7 rings (SSSR count). The number of nitrogens with zero attached hydrogens (tertiary/aromatic N) is 3. The lowest BCUT2D eigenvalue weighted by Crippen LogP contribution is -2.34. The van der Waals surface area contributed by atoms with Crippen molar-refractivity contribution in [3.63, 3.8) is 0 Å². The first kappa shape index (κ1) is 25.9. The molecule has 0 saturated carbocycles. The second-order valence-electron chi connectivity index (χ2n) is 10.9. The van der Waals surface area contributed by atoms with Crippen molar-refractivity contribution in [2.24, 2.45) is 0 Å². The molecule has 1 saturated heterocycles. The standard InChI is InChI=1S/C32H30N4O4S/c1-19-12-22(34-40-19)18-41-24-15-25-30-29(16-24)39-28-14-21-7-4-3-6-20(21)13-27(28)36(30)17-26(31(25)37)32(38)33-10-9-23-8-5-11-35(23)2/h3-4,6-7,12-17,23H,5,8-11,18H2,1-2H3,(H,33,38). The van der Waals surface area contributed by atoms with Gasteiger partial charge in [0.2, 0.25) is 5.43 Å². The van der Waals surface area contributed by atoms with Crippen molar-refractivity contribution in [3.8, 4) is 17.2 Å². The van der Waals surface area contributed by atoms with Crippen molar-refractivity contribution in [2.75, 3.05) is 20.1 Å². The Morgan fingerprint density at radius 1 is 1.12 bits per heavy atom. The zero-order chi connectivity index (χ0) is 28.1. The average molecular weight is 567 g/mol. The number of aryl methyl sites for hydroxylation is 1. The molecule has 2 aliphatic heterocycles. The second-order valence-corrected chi connectivity index (χ2v) is 11.9. The van der Waals surface area contributed by atoms with Gasteiger partial charge in [0.05, 0.1) is 16.8 Å². The minimum Gasteiger partial charge on any atom is -0.453 e. The highest BCUT2D eigenvalue weighted by Gasteiger charge is 2.26. The van der Waals surface area contributed by atoms with E-state index in [2.05, 4.69) is 22.4 Å². The minimum absolute atomic E-state index is 0.124. The molecule has 1 unspecified atom stereocenters. The number of ether oxygens (including phenoxy) is 1. The number of fused-ring (bicyclic) bond motifs is 3. The summed E-state index contributed by atoms with van der Waals surface area (Å²) < 4.78 is 13.6. The van der Waals surface area contributed by atoms with Crippen molar-refractivity contribution < 1.29 is 14.1 Å². The van der Waals surface area contributed by atoms with Gasteiger partial charge in [-0.15, -0.1) is 11.8 Å². The maximum atomic E-state index is 13.9. The van der Waals surface area contributed by atoms with Crippen LogP contribution in [0.5, 0.6) is 11.5 Å². The molecule has 2 aromatic heterocycles. The molecule has 3 aromatic carbocycles. The molecule has 4 heterocycles. The summed E-state index contributed by atoms with van der Waals surface area (Å²) >= 11 is 1.54. The molecule has 0 bridgehead atoms.